The van der Waals surface area contributed by atoms with Crippen LogP contribution in [0, 0.1) is 0 Å². The fourth-order valence-corrected chi connectivity index (χ4v) is 10.0. The molecule has 1 N–H and O–H groups in total. The summed E-state index contributed by atoms with van der Waals surface area (Å²) in [6.45, 7) is 1.49. The molecule has 2 aliphatic rings. The minimum absolute atomic E-state index is 0.113. The molecule has 4 aromatic heterocycles. The molecule has 0 unspecified atom stereocenters. The largest absolute Gasteiger partial charge is 0.375 e. The molecule has 0 amide bonds. The zero-order valence-electron chi connectivity index (χ0n) is 25.3. The molecule has 0 saturated heterocycles. The molecular formula is C33H24Cl4N4O5S3. The van der Waals surface area contributed by atoms with Crippen LogP contribution in [0.4, 0.5) is 0 Å². The number of halogens is 4. The molecule has 2 aliphatic carbocycles. The third-order valence-electron chi connectivity index (χ3n) is 8.44. The van der Waals surface area contributed by atoms with E-state index in [0.717, 1.165) is 50.8 Å². The number of ether oxygens (including phenoxy) is 2. The van der Waals surface area contributed by atoms with Gasteiger partial charge in [-0.05, 0) is 60.3 Å². The van der Waals surface area contributed by atoms with Gasteiger partial charge >= 0.3 is 10.1 Å². The summed E-state index contributed by atoms with van der Waals surface area (Å²) < 4.78 is 49.0. The van der Waals surface area contributed by atoms with Gasteiger partial charge in [0.25, 0.3) is 0 Å². The van der Waals surface area contributed by atoms with E-state index in [1.165, 1.54) is 16.5 Å². The summed E-state index contributed by atoms with van der Waals surface area (Å²) in [5, 5.41) is 13.8. The van der Waals surface area contributed by atoms with E-state index in [0.29, 0.717) is 75.4 Å². The topological polar surface area (TPSA) is 108 Å². The van der Waals surface area contributed by atoms with Gasteiger partial charge in [0.05, 0.1) is 57.4 Å². The van der Waals surface area contributed by atoms with Crippen LogP contribution >= 0.6 is 69.1 Å². The summed E-state index contributed by atoms with van der Waals surface area (Å²) in [7, 11) is -4.34. The molecule has 0 bridgehead atoms. The summed E-state index contributed by atoms with van der Waals surface area (Å²) in [5.74, 6) is 0. The molecule has 0 atom stereocenters. The van der Waals surface area contributed by atoms with Gasteiger partial charge in [0.1, 0.15) is 4.21 Å². The Morgan fingerprint density at radius 3 is 1.86 bits per heavy atom. The van der Waals surface area contributed by atoms with Gasteiger partial charge in [-0.1, -0.05) is 46.4 Å². The maximum absolute atomic E-state index is 11.9. The van der Waals surface area contributed by atoms with Gasteiger partial charge in [-0.25, -0.2) is 9.36 Å². The SMILES string of the molecule is O=S(=O)(O)c1cc2c(s1)Cc1c(COCCCOCc3nn(-c4ccc(Cl)cc4Cl)c4c3Cc3sccc3-4)nn(-c3ccc(Cl)cc3Cl)c1-2. The molecule has 0 radical (unpaired) electrons. The highest BCUT2D eigenvalue weighted by Gasteiger charge is 2.33. The summed E-state index contributed by atoms with van der Waals surface area (Å²) in [6.07, 6.45) is 1.91. The number of hydrogen-bond donors (Lipinski definition) is 1. The van der Waals surface area contributed by atoms with E-state index < -0.39 is 10.1 Å². The highest BCUT2D eigenvalue weighted by molar-refractivity contribution is 7.88. The van der Waals surface area contributed by atoms with Gasteiger partial charge in [-0.3, -0.25) is 4.55 Å². The molecule has 252 valence electrons. The minimum atomic E-state index is -4.34. The monoisotopic (exact) mass is 792 g/mol. The third kappa shape index (κ3) is 6.16. The van der Waals surface area contributed by atoms with Crippen molar-refractivity contribution in [3.8, 4) is 33.9 Å². The van der Waals surface area contributed by atoms with Crippen molar-refractivity contribution in [2.75, 3.05) is 13.2 Å². The van der Waals surface area contributed by atoms with Crippen LogP contribution in [0.2, 0.25) is 20.1 Å². The smallest absolute Gasteiger partial charge is 0.304 e. The second-order valence-corrected chi connectivity index (χ2v) is 17.0. The van der Waals surface area contributed by atoms with E-state index in [4.69, 9.17) is 66.1 Å². The third-order valence-corrected chi connectivity index (χ3v) is 12.9. The zero-order chi connectivity index (χ0) is 34.0. The predicted molar refractivity (Wildman–Crippen MR) is 193 cm³/mol. The van der Waals surface area contributed by atoms with Crippen LogP contribution < -0.4 is 0 Å². The highest BCUT2D eigenvalue weighted by atomic mass is 35.5. The van der Waals surface area contributed by atoms with Crippen molar-refractivity contribution in [1.82, 2.24) is 19.6 Å². The Labute approximate surface area is 309 Å². The Morgan fingerprint density at radius 1 is 0.755 bits per heavy atom. The van der Waals surface area contributed by atoms with E-state index >= 15 is 0 Å². The molecule has 6 aromatic rings. The van der Waals surface area contributed by atoms with Gasteiger partial charge in [0.2, 0.25) is 0 Å². The second-order valence-electron chi connectivity index (χ2n) is 11.5. The highest BCUT2D eigenvalue weighted by Crippen LogP contribution is 2.46. The van der Waals surface area contributed by atoms with E-state index in [1.807, 2.05) is 10.7 Å². The molecule has 2 aromatic carbocycles. The van der Waals surface area contributed by atoms with Crippen LogP contribution in [0.5, 0.6) is 0 Å². The lowest BCUT2D eigenvalue weighted by Crippen LogP contribution is -2.05. The van der Waals surface area contributed by atoms with Crippen molar-refractivity contribution in [1.29, 1.82) is 0 Å². The van der Waals surface area contributed by atoms with Crippen molar-refractivity contribution in [2.24, 2.45) is 0 Å². The lowest BCUT2D eigenvalue weighted by molar-refractivity contribution is 0.0668. The van der Waals surface area contributed by atoms with E-state index in [2.05, 4.69) is 11.4 Å². The molecule has 0 aliphatic heterocycles. The van der Waals surface area contributed by atoms with E-state index in [9.17, 15) is 13.0 Å². The fraction of sp³-hybridized carbons (Fsp3) is 0.212. The van der Waals surface area contributed by atoms with Crippen molar-refractivity contribution >= 4 is 79.2 Å². The maximum Gasteiger partial charge on any atom is 0.304 e. The Bertz CT molecular complexity index is 2380. The van der Waals surface area contributed by atoms with Gasteiger partial charge < -0.3 is 9.47 Å². The molecule has 16 heteroatoms. The first kappa shape index (κ1) is 33.4. The van der Waals surface area contributed by atoms with Crippen LogP contribution in [0.1, 0.15) is 38.7 Å². The Balaban J connectivity index is 0.940. The van der Waals surface area contributed by atoms with Crippen molar-refractivity contribution in [2.45, 2.75) is 36.7 Å². The first-order valence-electron chi connectivity index (χ1n) is 15.0. The van der Waals surface area contributed by atoms with Crippen molar-refractivity contribution in [3.63, 3.8) is 0 Å². The van der Waals surface area contributed by atoms with Crippen LogP contribution in [-0.4, -0.2) is 45.7 Å². The number of aromatic nitrogens is 4. The van der Waals surface area contributed by atoms with Crippen LogP contribution in [0.15, 0.2) is 58.1 Å². The average molecular weight is 795 g/mol. The van der Waals surface area contributed by atoms with E-state index in [-0.39, 0.29) is 10.8 Å². The Hall–Kier alpha value is -2.75. The summed E-state index contributed by atoms with van der Waals surface area (Å²) >= 11 is 28.2. The maximum atomic E-state index is 11.9. The first-order chi connectivity index (χ1) is 23.6. The molecule has 49 heavy (non-hydrogen) atoms. The Kier molecular flexibility index (Phi) is 8.93. The molecule has 9 nitrogen and oxygen atoms in total. The molecular weight excluding hydrogens is 770 g/mol. The standard InChI is InChI=1S/C33H24Cl4N4O5S3/c34-17-2-4-27(23(36)10-17)40-32-19-6-9-47-29(19)12-20(32)25(38-40)15-45-7-1-8-46-16-26-21-13-30-22(14-31(48-30)49(42,43)44)33(21)41(39-26)28-5-3-18(35)11-24(28)37/h2-6,9-11,14H,1,7-8,12-13,15-16H2,(H,42,43,44). The number of nitrogens with zero attached hydrogens (tertiary/aromatic N) is 4. The molecule has 0 saturated carbocycles. The summed E-state index contributed by atoms with van der Waals surface area (Å²) in [5.41, 5.74) is 8.62. The first-order valence-corrected chi connectivity index (χ1v) is 19.7. The molecule has 0 spiro atoms. The molecule has 8 rings (SSSR count). The normalized spacial score (nSPS) is 13.2. The quantitative estimate of drug-likeness (QED) is 0.103. The van der Waals surface area contributed by atoms with Gasteiger partial charge in [-0.15, -0.1) is 22.7 Å². The van der Waals surface area contributed by atoms with Gasteiger partial charge in [0.15, 0.2) is 0 Å². The number of hydrogen-bond acceptors (Lipinski definition) is 8. The number of fused-ring (bicyclic) bond motifs is 6. The fourth-order valence-electron chi connectivity index (χ4n) is 6.28. The number of thiophene rings is 2. The van der Waals surface area contributed by atoms with Crippen molar-refractivity contribution < 1.29 is 22.4 Å². The summed E-state index contributed by atoms with van der Waals surface area (Å²) in [4.78, 5) is 2.11. The van der Waals surface area contributed by atoms with Gasteiger partial charge in [0, 0.05) is 68.1 Å². The average Bonchev–Trinajstić information content (AvgIpc) is 3.86. The van der Waals surface area contributed by atoms with Crippen LogP contribution in [0.3, 0.4) is 0 Å². The minimum Gasteiger partial charge on any atom is -0.375 e. The lowest BCUT2D eigenvalue weighted by atomic mass is 10.2. The molecule has 4 heterocycles. The zero-order valence-corrected chi connectivity index (χ0v) is 30.7. The van der Waals surface area contributed by atoms with Crippen molar-refractivity contribution in [3.05, 3.63) is 106 Å². The molecule has 0 fully saturated rings. The van der Waals surface area contributed by atoms with Gasteiger partial charge in [-0.2, -0.15) is 18.6 Å². The number of benzene rings is 2. The lowest BCUT2D eigenvalue weighted by Gasteiger charge is -2.09. The second kappa shape index (κ2) is 13.1. The summed E-state index contributed by atoms with van der Waals surface area (Å²) in [6, 6.07) is 14.1. The van der Waals surface area contributed by atoms with Crippen LogP contribution in [-0.2, 0) is 45.6 Å². The number of rotatable bonds is 11. The van der Waals surface area contributed by atoms with Crippen LogP contribution in [0.25, 0.3) is 33.9 Å². The Morgan fingerprint density at radius 2 is 1.31 bits per heavy atom. The van der Waals surface area contributed by atoms with E-state index in [1.54, 1.807) is 46.4 Å². The predicted octanol–water partition coefficient (Wildman–Crippen LogP) is 9.31.